The van der Waals surface area contributed by atoms with Crippen LogP contribution in [0.2, 0.25) is 5.02 Å². The molecule has 0 aliphatic carbocycles. The summed E-state index contributed by atoms with van der Waals surface area (Å²) in [6.07, 6.45) is 3.91. The van der Waals surface area contributed by atoms with Crippen LogP contribution in [0.25, 0.3) is 22.0 Å². The highest BCUT2D eigenvalue weighted by Gasteiger charge is 2.33. The van der Waals surface area contributed by atoms with Gasteiger partial charge in [0.2, 0.25) is 6.41 Å². The maximum absolute atomic E-state index is 13.3. The summed E-state index contributed by atoms with van der Waals surface area (Å²) >= 11 is 6.02. The molecule has 1 aliphatic heterocycles. The van der Waals surface area contributed by atoms with Crippen molar-refractivity contribution in [2.75, 3.05) is 26.2 Å². The minimum Gasteiger partial charge on any atom is -0.336 e. The van der Waals surface area contributed by atoms with Crippen LogP contribution in [-0.2, 0) is 14.8 Å². The fraction of sp³-hybridized carbons (Fsp3) is 0.160. The Morgan fingerprint density at radius 3 is 2.20 bits per heavy atom. The lowest BCUT2D eigenvalue weighted by molar-refractivity contribution is 0.0698. The Hall–Kier alpha value is -3.53. The summed E-state index contributed by atoms with van der Waals surface area (Å²) in [6, 6.07) is 17.4. The fourth-order valence-electron chi connectivity index (χ4n) is 4.29. The number of carbonyl (C=O) groups is 2. The molecule has 1 saturated heterocycles. The van der Waals surface area contributed by atoms with E-state index >= 15 is 0 Å². The molecule has 0 bridgehead atoms. The van der Waals surface area contributed by atoms with Gasteiger partial charge in [0.05, 0.1) is 5.52 Å². The number of carbonyl (C=O) groups excluding carboxylic acids is 2. The number of nitrogens with zero attached hydrogens (tertiary/aromatic N) is 4. The zero-order valence-electron chi connectivity index (χ0n) is 18.5. The molecule has 2 aromatic carbocycles. The Labute approximate surface area is 207 Å². The molecule has 0 saturated carbocycles. The first kappa shape index (κ1) is 23.2. The van der Waals surface area contributed by atoms with Gasteiger partial charge in [-0.15, -0.1) is 0 Å². The third-order valence-corrected chi connectivity index (χ3v) is 8.27. The van der Waals surface area contributed by atoms with Crippen LogP contribution >= 0.6 is 11.6 Å². The molecule has 2 aromatic heterocycles. The van der Waals surface area contributed by atoms with E-state index < -0.39 is 10.0 Å². The van der Waals surface area contributed by atoms with Crippen LogP contribution in [0.1, 0.15) is 10.4 Å². The topological polar surface area (TPSA) is 92.6 Å². The number of amides is 1. The molecule has 0 spiro atoms. The van der Waals surface area contributed by atoms with Crippen LogP contribution in [0.5, 0.6) is 0 Å². The van der Waals surface area contributed by atoms with Crippen molar-refractivity contribution in [3.63, 3.8) is 0 Å². The van der Waals surface area contributed by atoms with Crippen LogP contribution in [0, 0.1) is 0 Å². The molecule has 0 radical (unpaired) electrons. The molecule has 1 fully saturated rings. The molecule has 1 aliphatic rings. The minimum absolute atomic E-state index is 0.115. The molecule has 0 unspecified atom stereocenters. The van der Waals surface area contributed by atoms with E-state index in [1.807, 2.05) is 24.3 Å². The number of halogens is 1. The van der Waals surface area contributed by atoms with Crippen LogP contribution < -0.4 is 0 Å². The quantitative estimate of drug-likeness (QED) is 0.384. The summed E-state index contributed by atoms with van der Waals surface area (Å²) in [5.41, 5.74) is 2.99. The number of hydrogen-bond donors (Lipinski definition) is 0. The zero-order chi connectivity index (χ0) is 24.6. The van der Waals surface area contributed by atoms with Crippen molar-refractivity contribution in [3.05, 3.63) is 83.6 Å². The molecule has 0 N–H and O–H groups in total. The normalized spacial score (nSPS) is 14.8. The largest absolute Gasteiger partial charge is 0.336 e. The molecule has 3 heterocycles. The predicted molar refractivity (Wildman–Crippen MR) is 133 cm³/mol. The van der Waals surface area contributed by atoms with E-state index in [1.54, 1.807) is 47.6 Å². The molecule has 4 aromatic rings. The van der Waals surface area contributed by atoms with E-state index in [-0.39, 0.29) is 37.1 Å². The minimum atomic E-state index is -3.95. The Balaban J connectivity index is 1.31. The van der Waals surface area contributed by atoms with Gasteiger partial charge in [0.15, 0.2) is 5.03 Å². The lowest BCUT2D eigenvalue weighted by Crippen LogP contribution is -2.50. The second-order valence-electron chi connectivity index (χ2n) is 8.17. The summed E-state index contributed by atoms with van der Waals surface area (Å²) in [7, 11) is -3.95. The first-order valence-electron chi connectivity index (χ1n) is 10.9. The van der Waals surface area contributed by atoms with E-state index in [4.69, 9.17) is 11.6 Å². The maximum atomic E-state index is 13.3. The SMILES string of the molecule is O=Cn1c(S(=O)(=O)N2CCN(C(=O)c3ccc(-c4ccncc4)cc3)CC2)cc2cc(Cl)ccc21. The van der Waals surface area contributed by atoms with Crippen molar-refractivity contribution < 1.29 is 18.0 Å². The molecular weight excluding hydrogens is 488 g/mol. The van der Waals surface area contributed by atoms with E-state index in [9.17, 15) is 18.0 Å². The zero-order valence-corrected chi connectivity index (χ0v) is 20.1. The second-order valence-corrected chi connectivity index (χ2v) is 10.5. The second kappa shape index (κ2) is 9.26. The Bertz CT molecular complexity index is 1510. The number of piperazine rings is 1. The van der Waals surface area contributed by atoms with E-state index in [2.05, 4.69) is 4.98 Å². The van der Waals surface area contributed by atoms with Crippen LogP contribution in [0.3, 0.4) is 0 Å². The first-order valence-corrected chi connectivity index (χ1v) is 12.8. The fourth-order valence-corrected chi connectivity index (χ4v) is 6.04. The van der Waals surface area contributed by atoms with Gasteiger partial charge >= 0.3 is 0 Å². The smallest absolute Gasteiger partial charge is 0.259 e. The van der Waals surface area contributed by atoms with Gasteiger partial charge in [0, 0.05) is 54.5 Å². The van der Waals surface area contributed by atoms with E-state index in [0.29, 0.717) is 27.9 Å². The lowest BCUT2D eigenvalue weighted by Gasteiger charge is -2.34. The monoisotopic (exact) mass is 508 g/mol. The van der Waals surface area contributed by atoms with Gasteiger partial charge in [-0.25, -0.2) is 8.42 Å². The number of fused-ring (bicyclic) bond motifs is 1. The van der Waals surface area contributed by atoms with Gasteiger partial charge in [-0.3, -0.25) is 19.1 Å². The molecule has 0 atom stereocenters. The molecule has 35 heavy (non-hydrogen) atoms. The van der Waals surface area contributed by atoms with Gasteiger partial charge in [0.25, 0.3) is 15.9 Å². The van der Waals surface area contributed by atoms with E-state index in [1.165, 1.54) is 10.4 Å². The van der Waals surface area contributed by atoms with Gasteiger partial charge in [-0.1, -0.05) is 23.7 Å². The molecule has 178 valence electrons. The average molecular weight is 509 g/mol. The number of hydrogen-bond acceptors (Lipinski definition) is 5. The van der Waals surface area contributed by atoms with Crippen LogP contribution in [-0.4, -0.2) is 65.7 Å². The van der Waals surface area contributed by atoms with Crippen LogP contribution in [0.4, 0.5) is 0 Å². The highest BCUT2D eigenvalue weighted by Crippen LogP contribution is 2.28. The Morgan fingerprint density at radius 1 is 0.886 bits per heavy atom. The van der Waals surface area contributed by atoms with Gasteiger partial charge in [-0.2, -0.15) is 4.31 Å². The summed E-state index contributed by atoms with van der Waals surface area (Å²) < 4.78 is 29.1. The highest BCUT2D eigenvalue weighted by molar-refractivity contribution is 7.89. The van der Waals surface area contributed by atoms with Crippen molar-refractivity contribution in [3.8, 4) is 11.1 Å². The number of rotatable bonds is 5. The average Bonchev–Trinajstić information content (AvgIpc) is 3.27. The molecule has 1 amide bonds. The van der Waals surface area contributed by atoms with E-state index in [0.717, 1.165) is 15.7 Å². The molecule has 8 nitrogen and oxygen atoms in total. The number of pyridine rings is 1. The third-order valence-electron chi connectivity index (χ3n) is 6.15. The van der Waals surface area contributed by atoms with Crippen LogP contribution in [0.15, 0.2) is 78.1 Å². The van der Waals surface area contributed by atoms with Crippen molar-refractivity contribution in [2.45, 2.75) is 5.03 Å². The molecule has 5 rings (SSSR count). The number of benzene rings is 2. The molecule has 10 heteroatoms. The third kappa shape index (κ3) is 4.34. The van der Waals surface area contributed by atoms with Gasteiger partial charge in [0.1, 0.15) is 0 Å². The summed E-state index contributed by atoms with van der Waals surface area (Å²) in [5.74, 6) is -0.153. The number of aromatic nitrogens is 2. The molecular formula is C25H21ClN4O4S. The Morgan fingerprint density at radius 2 is 1.54 bits per heavy atom. The van der Waals surface area contributed by atoms with Crippen molar-refractivity contribution in [1.82, 2.24) is 18.8 Å². The standard InChI is InChI=1S/C25H21ClN4O4S/c26-22-5-6-23-21(15-22)16-24(30(23)17-31)35(33,34)29-13-11-28(12-14-29)25(32)20-3-1-18(2-4-20)19-7-9-27-10-8-19/h1-10,15-17H,11-14H2. The summed E-state index contributed by atoms with van der Waals surface area (Å²) in [6.45, 7) is 0.753. The maximum Gasteiger partial charge on any atom is 0.259 e. The van der Waals surface area contributed by atoms with Crippen molar-refractivity contribution in [2.24, 2.45) is 0 Å². The first-order chi connectivity index (χ1) is 16.9. The highest BCUT2D eigenvalue weighted by atomic mass is 35.5. The van der Waals surface area contributed by atoms with Gasteiger partial charge in [-0.05, 0) is 59.7 Å². The Kier molecular flexibility index (Phi) is 6.14. The summed E-state index contributed by atoms with van der Waals surface area (Å²) in [4.78, 5) is 30.4. The van der Waals surface area contributed by atoms with Crippen molar-refractivity contribution in [1.29, 1.82) is 0 Å². The van der Waals surface area contributed by atoms with Gasteiger partial charge < -0.3 is 4.90 Å². The lowest BCUT2D eigenvalue weighted by atomic mass is 10.0. The van der Waals surface area contributed by atoms with Crippen molar-refractivity contribution >= 4 is 44.8 Å². The summed E-state index contributed by atoms with van der Waals surface area (Å²) in [5, 5.41) is 0.897. The number of sulfonamides is 1. The predicted octanol–water partition coefficient (Wildman–Crippen LogP) is 3.54.